The Kier molecular flexibility index (Phi) is 1.87. The summed E-state index contributed by atoms with van der Waals surface area (Å²) >= 11 is 0. The molecule has 1 saturated carbocycles. The molecule has 2 aliphatic carbocycles. The number of aliphatic hydroxyl groups is 1. The lowest BCUT2D eigenvalue weighted by Gasteiger charge is -1.96. The molecule has 0 spiro atoms. The predicted octanol–water partition coefficient (Wildman–Crippen LogP) is 1.42. The van der Waals surface area contributed by atoms with E-state index in [1.54, 1.807) is 0 Å². The molecule has 1 nitrogen and oxygen atoms in total. The third-order valence-electron chi connectivity index (χ3n) is 3.05. The van der Waals surface area contributed by atoms with Gasteiger partial charge in [0, 0.05) is 19.4 Å². The van der Waals surface area contributed by atoms with Gasteiger partial charge in [-0.3, -0.25) is 0 Å². The quantitative estimate of drug-likeness (QED) is 0.560. The van der Waals surface area contributed by atoms with Crippen LogP contribution in [0.3, 0.4) is 0 Å². The number of aliphatic hydroxyl groups excluding tert-OH is 1. The molecule has 60 valence electrons. The molecule has 0 amide bonds. The third kappa shape index (κ3) is 1.28. The fourth-order valence-electron chi connectivity index (χ4n) is 2.31. The fourth-order valence-corrected chi connectivity index (χ4v) is 2.31. The first-order chi connectivity index (χ1) is 5.43. The van der Waals surface area contributed by atoms with Crippen LogP contribution in [0.1, 0.15) is 25.7 Å². The number of rotatable bonds is 1. The second kappa shape index (κ2) is 2.87. The summed E-state index contributed by atoms with van der Waals surface area (Å²) in [7, 11) is 0. The van der Waals surface area contributed by atoms with Crippen molar-refractivity contribution in [2.24, 2.45) is 17.8 Å². The molecule has 0 aromatic heterocycles. The van der Waals surface area contributed by atoms with E-state index in [1.165, 1.54) is 12.8 Å². The van der Waals surface area contributed by atoms with Crippen LogP contribution in [0.15, 0.2) is 0 Å². The first-order valence-electron chi connectivity index (χ1n) is 4.50. The van der Waals surface area contributed by atoms with Gasteiger partial charge in [-0.25, -0.2) is 0 Å². The Balaban J connectivity index is 1.93. The van der Waals surface area contributed by atoms with Crippen LogP contribution in [0.2, 0.25) is 0 Å². The zero-order chi connectivity index (χ0) is 7.68. The van der Waals surface area contributed by atoms with E-state index < -0.39 is 0 Å². The zero-order valence-corrected chi connectivity index (χ0v) is 6.71. The summed E-state index contributed by atoms with van der Waals surface area (Å²) in [5.41, 5.74) is 0. The molecule has 0 aromatic carbocycles. The molecule has 11 heavy (non-hydrogen) atoms. The maximum Gasteiger partial charge on any atom is 0.0464 e. The lowest BCUT2D eigenvalue weighted by Crippen LogP contribution is -1.88. The van der Waals surface area contributed by atoms with E-state index in [2.05, 4.69) is 11.8 Å². The van der Waals surface area contributed by atoms with E-state index in [0.29, 0.717) is 12.5 Å². The summed E-state index contributed by atoms with van der Waals surface area (Å²) in [5, 5.41) is 8.98. The molecule has 0 heterocycles. The van der Waals surface area contributed by atoms with Gasteiger partial charge in [-0.05, 0) is 30.6 Å². The molecule has 0 saturated heterocycles. The molecule has 0 unspecified atom stereocenters. The topological polar surface area (TPSA) is 20.2 Å². The van der Waals surface area contributed by atoms with Gasteiger partial charge in [0.2, 0.25) is 0 Å². The van der Waals surface area contributed by atoms with Crippen LogP contribution in [0.4, 0.5) is 0 Å². The average molecular weight is 150 g/mol. The van der Waals surface area contributed by atoms with Crippen molar-refractivity contribution in [3.63, 3.8) is 0 Å². The largest absolute Gasteiger partial charge is 0.396 e. The molecule has 0 radical (unpaired) electrons. The van der Waals surface area contributed by atoms with E-state index in [1.807, 2.05) is 0 Å². The van der Waals surface area contributed by atoms with Gasteiger partial charge in [0.05, 0.1) is 0 Å². The lowest BCUT2D eigenvalue weighted by atomic mass is 10.1. The Bertz CT molecular complexity index is 181. The van der Waals surface area contributed by atoms with E-state index in [0.717, 1.165) is 24.7 Å². The minimum atomic E-state index is 0.398. The van der Waals surface area contributed by atoms with Crippen molar-refractivity contribution in [2.75, 3.05) is 6.61 Å². The van der Waals surface area contributed by atoms with Gasteiger partial charge in [0.15, 0.2) is 0 Å². The Hall–Kier alpha value is -0.480. The van der Waals surface area contributed by atoms with Crippen LogP contribution in [0.5, 0.6) is 0 Å². The molecule has 0 aromatic rings. The van der Waals surface area contributed by atoms with E-state index in [-0.39, 0.29) is 0 Å². The molecule has 2 rings (SSSR count). The van der Waals surface area contributed by atoms with E-state index in [4.69, 9.17) is 5.11 Å². The van der Waals surface area contributed by atoms with Crippen LogP contribution >= 0.6 is 0 Å². The van der Waals surface area contributed by atoms with Crippen molar-refractivity contribution in [2.45, 2.75) is 25.7 Å². The molecule has 1 fully saturated rings. The van der Waals surface area contributed by atoms with Crippen LogP contribution < -0.4 is 0 Å². The van der Waals surface area contributed by atoms with Crippen molar-refractivity contribution >= 4 is 0 Å². The van der Waals surface area contributed by atoms with Gasteiger partial charge in [0.25, 0.3) is 0 Å². The number of hydrogen-bond acceptors (Lipinski definition) is 1. The molecule has 0 aliphatic heterocycles. The van der Waals surface area contributed by atoms with Gasteiger partial charge in [-0.2, -0.15) is 0 Å². The standard InChI is InChI=1S/C10H14O/c11-7-10-8-5-3-1-2-4-6-9(8)10/h8-11H,3-7H2/t8-,9-/m1/s1. The molecule has 2 aliphatic rings. The molecule has 1 N–H and O–H groups in total. The highest BCUT2D eigenvalue weighted by molar-refractivity contribution is 5.07. The normalized spacial score (nSPS) is 41.0. The first-order valence-corrected chi connectivity index (χ1v) is 4.50. The molecular weight excluding hydrogens is 136 g/mol. The van der Waals surface area contributed by atoms with Crippen LogP contribution in [0.25, 0.3) is 0 Å². The maximum absolute atomic E-state index is 8.98. The van der Waals surface area contributed by atoms with Gasteiger partial charge in [0.1, 0.15) is 0 Å². The van der Waals surface area contributed by atoms with Crippen molar-refractivity contribution in [3.05, 3.63) is 0 Å². The molecule has 0 bridgehead atoms. The predicted molar refractivity (Wildman–Crippen MR) is 43.8 cm³/mol. The smallest absolute Gasteiger partial charge is 0.0464 e. The summed E-state index contributed by atoms with van der Waals surface area (Å²) in [4.78, 5) is 0. The summed E-state index contributed by atoms with van der Waals surface area (Å²) < 4.78 is 0. The summed E-state index contributed by atoms with van der Waals surface area (Å²) in [5.74, 6) is 8.57. The second-order valence-corrected chi connectivity index (χ2v) is 3.61. The number of fused-ring (bicyclic) bond motifs is 1. The minimum absolute atomic E-state index is 0.398. The SMILES string of the molecule is OCC1[C@@H]2CCC#CCC[C@@H]12. The van der Waals surface area contributed by atoms with Crippen LogP contribution in [-0.4, -0.2) is 11.7 Å². The third-order valence-corrected chi connectivity index (χ3v) is 3.05. The minimum Gasteiger partial charge on any atom is -0.396 e. The fraction of sp³-hybridized carbons (Fsp3) is 0.800. The van der Waals surface area contributed by atoms with Crippen LogP contribution in [0, 0.1) is 29.6 Å². The van der Waals surface area contributed by atoms with Crippen molar-refractivity contribution in [3.8, 4) is 11.8 Å². The first kappa shape index (κ1) is 7.18. The van der Waals surface area contributed by atoms with Gasteiger partial charge in [-0.1, -0.05) is 0 Å². The van der Waals surface area contributed by atoms with Crippen molar-refractivity contribution in [1.29, 1.82) is 0 Å². The Morgan fingerprint density at radius 3 is 2.09 bits per heavy atom. The monoisotopic (exact) mass is 150 g/mol. The highest BCUT2D eigenvalue weighted by atomic mass is 16.3. The highest BCUT2D eigenvalue weighted by Gasteiger charge is 2.47. The van der Waals surface area contributed by atoms with Gasteiger partial charge in [-0.15, -0.1) is 11.8 Å². The van der Waals surface area contributed by atoms with Gasteiger partial charge < -0.3 is 5.11 Å². The molecule has 1 heteroatoms. The highest BCUT2D eigenvalue weighted by Crippen LogP contribution is 2.51. The number of hydrogen-bond donors (Lipinski definition) is 1. The average Bonchev–Trinajstić information content (AvgIpc) is 2.60. The summed E-state index contributed by atoms with van der Waals surface area (Å²) in [6.45, 7) is 0.398. The Labute approximate surface area is 67.8 Å². The summed E-state index contributed by atoms with van der Waals surface area (Å²) in [6, 6.07) is 0. The molecular formula is C10H14O. The second-order valence-electron chi connectivity index (χ2n) is 3.61. The van der Waals surface area contributed by atoms with Gasteiger partial charge >= 0.3 is 0 Å². The Morgan fingerprint density at radius 1 is 1.09 bits per heavy atom. The van der Waals surface area contributed by atoms with E-state index in [9.17, 15) is 0 Å². The molecule has 2 atom stereocenters. The lowest BCUT2D eigenvalue weighted by molar-refractivity contribution is 0.262. The van der Waals surface area contributed by atoms with E-state index >= 15 is 0 Å². The summed E-state index contributed by atoms with van der Waals surface area (Å²) in [6.07, 6.45) is 4.56. The maximum atomic E-state index is 8.98. The van der Waals surface area contributed by atoms with Crippen LogP contribution in [-0.2, 0) is 0 Å². The van der Waals surface area contributed by atoms with Crippen molar-refractivity contribution in [1.82, 2.24) is 0 Å². The van der Waals surface area contributed by atoms with Crippen molar-refractivity contribution < 1.29 is 5.11 Å². The zero-order valence-electron chi connectivity index (χ0n) is 6.71. The Morgan fingerprint density at radius 2 is 1.64 bits per heavy atom.